The zero-order chi connectivity index (χ0) is 28.4. The molecule has 1 aliphatic heterocycles. The summed E-state index contributed by atoms with van der Waals surface area (Å²) < 4.78 is 0. The number of hydrazine groups is 1. The van der Waals surface area contributed by atoms with Crippen molar-refractivity contribution in [1.29, 1.82) is 0 Å². The fraction of sp³-hybridized carbons (Fsp3) is 0.156. The number of para-hydroxylation sites is 1. The van der Waals surface area contributed by atoms with Crippen LogP contribution in [0.25, 0.3) is 0 Å². The van der Waals surface area contributed by atoms with E-state index >= 15 is 0 Å². The average Bonchev–Trinajstić information content (AvgIpc) is 3.26. The van der Waals surface area contributed by atoms with E-state index in [2.05, 4.69) is 0 Å². The highest BCUT2D eigenvalue weighted by atomic mass is 35.5. The Balaban J connectivity index is 1.38. The first-order valence-corrected chi connectivity index (χ1v) is 13.6. The highest BCUT2D eigenvalue weighted by molar-refractivity contribution is 6.33. The number of hydrogen-bond acceptors (Lipinski definition) is 5. The second kappa shape index (κ2) is 9.38. The van der Waals surface area contributed by atoms with Crippen molar-refractivity contribution in [3.63, 3.8) is 0 Å². The fourth-order valence-corrected chi connectivity index (χ4v) is 7.11. The summed E-state index contributed by atoms with van der Waals surface area (Å²) in [6.07, 6.45) is 0. The molecule has 0 saturated carbocycles. The molecule has 4 aliphatic rings. The normalized spacial score (nSPS) is 21.7. The molecule has 2 atom stereocenters. The SMILES string of the molecule is O=C(c1ccccc1Cl)N(Cc1ccccc1[N+](=O)[O-])N1C(=O)[C@@H]2C3c4ccccc4C(c4ccccc43)[C@@H]2C1=O. The Bertz CT molecular complexity index is 1670. The Morgan fingerprint density at radius 2 is 1.22 bits per heavy atom. The van der Waals surface area contributed by atoms with Crippen molar-refractivity contribution >= 4 is 35.0 Å². The molecule has 9 heteroatoms. The summed E-state index contributed by atoms with van der Waals surface area (Å²) >= 11 is 6.38. The summed E-state index contributed by atoms with van der Waals surface area (Å²) in [5.74, 6) is -3.86. The highest BCUT2D eigenvalue weighted by Gasteiger charge is 2.63. The lowest BCUT2D eigenvalue weighted by Crippen LogP contribution is -2.50. The number of nitro groups is 1. The van der Waals surface area contributed by atoms with Crippen LogP contribution >= 0.6 is 11.6 Å². The molecule has 0 unspecified atom stereocenters. The number of carbonyl (C=O) groups excluding carboxylic acids is 3. The van der Waals surface area contributed by atoms with Crippen LogP contribution in [0.15, 0.2) is 97.1 Å². The van der Waals surface area contributed by atoms with Crippen molar-refractivity contribution < 1.29 is 19.3 Å². The standard InChI is InChI=1S/C32H22ClN3O5/c33-24-15-7-6-14-23(24)30(37)34(17-18-9-1-8-16-25(18)36(40)41)35-31(38)28-26-19-10-2-3-11-20(19)27(29(28)32(35)39)22-13-5-4-12-21(22)26/h1-16,26-29H,17H2/t26?,27?,28-,29+. The van der Waals surface area contributed by atoms with Gasteiger partial charge in [-0.15, -0.1) is 0 Å². The van der Waals surface area contributed by atoms with Gasteiger partial charge in [-0.1, -0.05) is 90.5 Å². The van der Waals surface area contributed by atoms with Gasteiger partial charge in [-0.2, -0.15) is 5.01 Å². The zero-order valence-electron chi connectivity index (χ0n) is 21.5. The minimum atomic E-state index is -0.718. The van der Waals surface area contributed by atoms with E-state index in [9.17, 15) is 24.5 Å². The van der Waals surface area contributed by atoms with Gasteiger partial charge in [0.05, 0.1) is 39.5 Å². The molecule has 8 rings (SSSR count). The maximum absolute atomic E-state index is 14.4. The van der Waals surface area contributed by atoms with Crippen molar-refractivity contribution in [2.75, 3.05) is 0 Å². The Hall–Kier alpha value is -4.82. The third-order valence-corrected chi connectivity index (χ3v) is 8.84. The van der Waals surface area contributed by atoms with Gasteiger partial charge in [0.1, 0.15) is 0 Å². The average molecular weight is 564 g/mol. The Morgan fingerprint density at radius 3 is 1.73 bits per heavy atom. The summed E-state index contributed by atoms with van der Waals surface area (Å²) in [5.41, 5.74) is 4.05. The molecule has 1 heterocycles. The third kappa shape index (κ3) is 3.64. The van der Waals surface area contributed by atoms with Gasteiger partial charge in [0.25, 0.3) is 23.4 Å². The van der Waals surface area contributed by atoms with E-state index < -0.39 is 34.5 Å². The van der Waals surface area contributed by atoms with Crippen LogP contribution < -0.4 is 0 Å². The van der Waals surface area contributed by atoms with Gasteiger partial charge in [-0.05, 0) is 34.4 Å². The van der Waals surface area contributed by atoms with Crippen LogP contribution in [0.4, 0.5) is 5.69 Å². The van der Waals surface area contributed by atoms with Crippen LogP contribution in [0.1, 0.15) is 50.0 Å². The molecule has 8 nitrogen and oxygen atoms in total. The molecular weight excluding hydrogens is 542 g/mol. The van der Waals surface area contributed by atoms with E-state index in [1.54, 1.807) is 24.3 Å². The Kier molecular flexibility index (Phi) is 5.76. The second-order valence-electron chi connectivity index (χ2n) is 10.5. The molecule has 0 aromatic heterocycles. The van der Waals surface area contributed by atoms with E-state index in [0.29, 0.717) is 0 Å². The van der Waals surface area contributed by atoms with Gasteiger partial charge in [0.15, 0.2) is 0 Å². The van der Waals surface area contributed by atoms with Gasteiger partial charge in [0.2, 0.25) is 0 Å². The van der Waals surface area contributed by atoms with E-state index in [4.69, 9.17) is 11.6 Å². The molecule has 41 heavy (non-hydrogen) atoms. The van der Waals surface area contributed by atoms with Crippen LogP contribution in [-0.4, -0.2) is 32.7 Å². The maximum Gasteiger partial charge on any atom is 0.274 e. The number of nitro benzene ring substituents is 1. The number of hydrogen-bond donors (Lipinski definition) is 0. The summed E-state index contributed by atoms with van der Waals surface area (Å²) in [5, 5.41) is 13.9. The summed E-state index contributed by atoms with van der Waals surface area (Å²) in [6, 6.07) is 28.0. The van der Waals surface area contributed by atoms with Crippen molar-refractivity contribution in [1.82, 2.24) is 10.0 Å². The molecule has 1 fully saturated rings. The van der Waals surface area contributed by atoms with E-state index in [-0.39, 0.29) is 40.2 Å². The molecule has 4 aromatic carbocycles. The quantitative estimate of drug-likeness (QED) is 0.176. The second-order valence-corrected chi connectivity index (χ2v) is 10.9. The van der Waals surface area contributed by atoms with Gasteiger partial charge >= 0.3 is 0 Å². The van der Waals surface area contributed by atoms with E-state index in [0.717, 1.165) is 32.3 Å². The number of benzene rings is 4. The number of imide groups is 1. The molecule has 3 amide bonds. The van der Waals surface area contributed by atoms with Crippen LogP contribution in [0.3, 0.4) is 0 Å². The number of halogens is 1. The first kappa shape index (κ1) is 25.2. The first-order valence-electron chi connectivity index (χ1n) is 13.2. The molecular formula is C32H22ClN3O5. The molecule has 0 radical (unpaired) electrons. The van der Waals surface area contributed by atoms with Crippen LogP contribution in [-0.2, 0) is 16.1 Å². The minimum absolute atomic E-state index is 0.0813. The molecule has 1 saturated heterocycles. The molecule has 2 bridgehead atoms. The van der Waals surface area contributed by atoms with Crippen LogP contribution in [0, 0.1) is 22.0 Å². The van der Waals surface area contributed by atoms with Crippen molar-refractivity contribution in [2.24, 2.45) is 11.8 Å². The predicted octanol–water partition coefficient (Wildman–Crippen LogP) is 5.70. The fourth-order valence-electron chi connectivity index (χ4n) is 6.89. The number of carbonyl (C=O) groups is 3. The van der Waals surface area contributed by atoms with Gasteiger partial charge in [0, 0.05) is 17.9 Å². The maximum atomic E-state index is 14.4. The predicted molar refractivity (Wildman–Crippen MR) is 150 cm³/mol. The van der Waals surface area contributed by atoms with Crippen LogP contribution in [0.2, 0.25) is 5.02 Å². The summed E-state index contributed by atoms with van der Waals surface area (Å²) in [4.78, 5) is 54.1. The number of nitrogens with zero attached hydrogens (tertiary/aromatic N) is 3. The lowest BCUT2D eigenvalue weighted by molar-refractivity contribution is -0.385. The van der Waals surface area contributed by atoms with Crippen molar-refractivity contribution in [2.45, 2.75) is 18.4 Å². The van der Waals surface area contributed by atoms with E-state index in [1.807, 2.05) is 48.5 Å². The summed E-state index contributed by atoms with van der Waals surface area (Å²) in [7, 11) is 0. The third-order valence-electron chi connectivity index (χ3n) is 8.51. The monoisotopic (exact) mass is 563 g/mol. The Morgan fingerprint density at radius 1 is 0.756 bits per heavy atom. The number of amides is 3. The molecule has 202 valence electrons. The lowest BCUT2D eigenvalue weighted by atomic mass is 9.55. The first-order chi connectivity index (χ1) is 19.9. The largest absolute Gasteiger partial charge is 0.274 e. The Labute approximate surface area is 239 Å². The zero-order valence-corrected chi connectivity index (χ0v) is 22.3. The molecule has 3 aliphatic carbocycles. The van der Waals surface area contributed by atoms with Gasteiger partial charge in [-0.25, -0.2) is 5.01 Å². The highest BCUT2D eigenvalue weighted by Crippen LogP contribution is 2.61. The van der Waals surface area contributed by atoms with E-state index in [1.165, 1.54) is 24.3 Å². The van der Waals surface area contributed by atoms with Gasteiger partial charge in [-0.3, -0.25) is 24.5 Å². The number of rotatable bonds is 5. The van der Waals surface area contributed by atoms with Gasteiger partial charge < -0.3 is 0 Å². The molecule has 4 aromatic rings. The van der Waals surface area contributed by atoms with Crippen LogP contribution in [0.5, 0.6) is 0 Å². The minimum Gasteiger partial charge on any atom is -0.272 e. The lowest BCUT2D eigenvalue weighted by Gasteiger charge is -2.45. The topological polar surface area (TPSA) is 101 Å². The van der Waals surface area contributed by atoms with Crippen molar-refractivity contribution in [3.8, 4) is 0 Å². The molecule has 0 N–H and O–H groups in total. The van der Waals surface area contributed by atoms with Crippen molar-refractivity contribution in [3.05, 3.63) is 146 Å². The molecule has 0 spiro atoms. The smallest absolute Gasteiger partial charge is 0.272 e. The summed E-state index contributed by atoms with van der Waals surface area (Å²) in [6.45, 7) is -0.368.